The molecule has 0 saturated carbocycles. The quantitative estimate of drug-likeness (QED) is 0.279. The zero-order valence-corrected chi connectivity index (χ0v) is 21.4. The summed E-state index contributed by atoms with van der Waals surface area (Å²) in [4.78, 5) is 16.3. The first-order valence-corrected chi connectivity index (χ1v) is 12.4. The number of aliphatic hydroxyl groups excluding tert-OH is 1. The first-order chi connectivity index (χ1) is 18.5. The van der Waals surface area contributed by atoms with Crippen LogP contribution in [0, 0.1) is 11.6 Å². The van der Waals surface area contributed by atoms with Crippen molar-refractivity contribution in [3.8, 4) is 22.5 Å². The van der Waals surface area contributed by atoms with Crippen LogP contribution in [0.5, 0.6) is 0 Å². The number of aromatic nitrogens is 3. The SMILES string of the molecule is C[C@@H]1CN(c2ncc(CO)cc2Cl)CCN1c1nc(-c2ccc(F)c(F)c2)c(-c2ccc(C(F)(F)F)cc2)[nH]1. The molecule has 4 aromatic rings. The van der Waals surface area contributed by atoms with Gasteiger partial charge in [-0.15, -0.1) is 0 Å². The van der Waals surface area contributed by atoms with Crippen molar-refractivity contribution < 1.29 is 27.1 Å². The van der Waals surface area contributed by atoms with Gasteiger partial charge in [0, 0.05) is 43.0 Å². The van der Waals surface area contributed by atoms with Gasteiger partial charge in [-0.2, -0.15) is 13.2 Å². The molecule has 39 heavy (non-hydrogen) atoms. The van der Waals surface area contributed by atoms with Gasteiger partial charge in [0.2, 0.25) is 5.95 Å². The number of benzene rings is 2. The normalized spacial score (nSPS) is 16.2. The average molecular weight is 564 g/mol. The molecule has 1 fully saturated rings. The number of hydrogen-bond donors (Lipinski definition) is 2. The second-order valence-corrected chi connectivity index (χ2v) is 9.69. The number of H-pyrrole nitrogens is 1. The van der Waals surface area contributed by atoms with Crippen LogP contribution in [0.25, 0.3) is 22.5 Å². The van der Waals surface area contributed by atoms with Gasteiger partial charge < -0.3 is 19.9 Å². The number of aliphatic hydroxyl groups is 1. The topological polar surface area (TPSA) is 68.3 Å². The number of piperazine rings is 1. The number of aromatic amines is 1. The number of pyridine rings is 1. The Morgan fingerprint density at radius 1 is 1.03 bits per heavy atom. The lowest BCUT2D eigenvalue weighted by Gasteiger charge is -2.40. The van der Waals surface area contributed by atoms with Gasteiger partial charge in [0.1, 0.15) is 5.82 Å². The van der Waals surface area contributed by atoms with Gasteiger partial charge in [-0.25, -0.2) is 18.7 Å². The van der Waals surface area contributed by atoms with Crippen LogP contribution in [0.1, 0.15) is 18.1 Å². The van der Waals surface area contributed by atoms with Gasteiger partial charge >= 0.3 is 6.18 Å². The van der Waals surface area contributed by atoms with Crippen molar-refractivity contribution in [3.63, 3.8) is 0 Å². The molecule has 1 aliphatic rings. The third-order valence-corrected chi connectivity index (χ3v) is 6.92. The highest BCUT2D eigenvalue weighted by atomic mass is 35.5. The highest BCUT2D eigenvalue weighted by Gasteiger charge is 2.31. The van der Waals surface area contributed by atoms with Crippen LogP contribution >= 0.6 is 11.6 Å². The molecule has 0 aliphatic carbocycles. The first kappa shape index (κ1) is 26.9. The van der Waals surface area contributed by atoms with Crippen LogP contribution in [0.4, 0.5) is 33.7 Å². The molecule has 0 unspecified atom stereocenters. The molecule has 2 aromatic heterocycles. The summed E-state index contributed by atoms with van der Waals surface area (Å²) in [6.45, 7) is 3.36. The Morgan fingerprint density at radius 3 is 2.36 bits per heavy atom. The Bertz CT molecular complexity index is 1490. The number of nitrogens with zero attached hydrogens (tertiary/aromatic N) is 4. The number of hydrogen-bond acceptors (Lipinski definition) is 5. The van der Waals surface area contributed by atoms with E-state index in [4.69, 9.17) is 11.6 Å². The fourth-order valence-corrected chi connectivity index (χ4v) is 4.95. The molecule has 0 amide bonds. The standard InChI is InChI=1S/C27H23ClF5N5O/c1-15-13-37(25-20(28)10-16(14-39)12-34-25)8-9-38(15)26-35-23(17-2-5-19(6-3-17)27(31,32)33)24(36-26)18-4-7-21(29)22(30)11-18/h2-7,10-12,15,39H,8-9,13-14H2,1H3,(H,35,36)/t15-/m1/s1. The van der Waals surface area contributed by atoms with E-state index in [0.29, 0.717) is 53.2 Å². The first-order valence-electron chi connectivity index (χ1n) is 12.0. The van der Waals surface area contributed by atoms with Crippen molar-refractivity contribution in [2.75, 3.05) is 29.4 Å². The Hall–Kier alpha value is -3.70. The van der Waals surface area contributed by atoms with Crippen molar-refractivity contribution in [1.29, 1.82) is 0 Å². The second-order valence-electron chi connectivity index (χ2n) is 9.28. The Balaban J connectivity index is 1.48. The summed E-state index contributed by atoms with van der Waals surface area (Å²) >= 11 is 6.39. The summed E-state index contributed by atoms with van der Waals surface area (Å²) in [6.07, 6.45) is -2.93. The van der Waals surface area contributed by atoms with E-state index < -0.39 is 23.4 Å². The monoisotopic (exact) mass is 563 g/mol. The maximum absolute atomic E-state index is 14.1. The van der Waals surface area contributed by atoms with Crippen LogP contribution < -0.4 is 9.80 Å². The Kier molecular flexibility index (Phi) is 7.21. The molecule has 204 valence electrons. The van der Waals surface area contributed by atoms with Gasteiger partial charge in [-0.3, -0.25) is 0 Å². The van der Waals surface area contributed by atoms with Crippen molar-refractivity contribution in [3.05, 3.63) is 82.5 Å². The van der Waals surface area contributed by atoms with Crippen molar-refractivity contribution in [2.45, 2.75) is 25.7 Å². The molecule has 1 aliphatic heterocycles. The molecule has 5 rings (SSSR count). The second kappa shape index (κ2) is 10.5. The lowest BCUT2D eigenvalue weighted by atomic mass is 10.0. The molecular formula is C27H23ClF5N5O. The van der Waals surface area contributed by atoms with Gasteiger partial charge in [-0.1, -0.05) is 23.7 Å². The minimum atomic E-state index is -4.49. The van der Waals surface area contributed by atoms with Crippen molar-refractivity contribution in [2.24, 2.45) is 0 Å². The number of imidazole rings is 1. The van der Waals surface area contributed by atoms with Crippen molar-refractivity contribution in [1.82, 2.24) is 15.0 Å². The maximum Gasteiger partial charge on any atom is 0.416 e. The Labute approximate surface area is 225 Å². The summed E-state index contributed by atoms with van der Waals surface area (Å²) in [5.74, 6) is -1.05. The molecule has 1 atom stereocenters. The molecule has 2 N–H and O–H groups in total. The largest absolute Gasteiger partial charge is 0.416 e. The van der Waals surface area contributed by atoms with E-state index in [1.807, 2.05) is 16.7 Å². The van der Waals surface area contributed by atoms with E-state index in [1.165, 1.54) is 18.2 Å². The highest BCUT2D eigenvalue weighted by Crippen LogP contribution is 2.37. The van der Waals surface area contributed by atoms with Gasteiger partial charge in [0.25, 0.3) is 0 Å². The van der Waals surface area contributed by atoms with E-state index >= 15 is 0 Å². The van der Waals surface area contributed by atoms with Gasteiger partial charge in [0.05, 0.1) is 28.6 Å². The summed E-state index contributed by atoms with van der Waals surface area (Å²) in [7, 11) is 0. The molecule has 6 nitrogen and oxygen atoms in total. The van der Waals surface area contributed by atoms with E-state index in [1.54, 1.807) is 12.3 Å². The van der Waals surface area contributed by atoms with E-state index in [0.717, 1.165) is 24.3 Å². The van der Waals surface area contributed by atoms with Crippen LogP contribution in [0.3, 0.4) is 0 Å². The third-order valence-electron chi connectivity index (χ3n) is 6.65. The van der Waals surface area contributed by atoms with Crippen LogP contribution in [-0.4, -0.2) is 45.7 Å². The Morgan fingerprint density at radius 2 is 1.74 bits per heavy atom. The fraction of sp³-hybridized carbons (Fsp3) is 0.259. The summed E-state index contributed by atoms with van der Waals surface area (Å²) < 4.78 is 67.1. The predicted molar refractivity (Wildman–Crippen MR) is 139 cm³/mol. The minimum Gasteiger partial charge on any atom is -0.392 e. The van der Waals surface area contributed by atoms with E-state index in [9.17, 15) is 27.1 Å². The summed E-state index contributed by atoms with van der Waals surface area (Å²) in [6, 6.07) is 9.48. The fourth-order valence-electron chi connectivity index (χ4n) is 4.64. The zero-order chi connectivity index (χ0) is 27.9. The maximum atomic E-state index is 14.1. The summed E-state index contributed by atoms with van der Waals surface area (Å²) in [5, 5.41) is 9.74. The molecular weight excluding hydrogens is 541 g/mol. The van der Waals surface area contributed by atoms with Gasteiger partial charge in [-0.05, 0) is 48.9 Å². The van der Waals surface area contributed by atoms with Crippen LogP contribution in [-0.2, 0) is 12.8 Å². The highest BCUT2D eigenvalue weighted by molar-refractivity contribution is 6.33. The number of alkyl halides is 3. The number of nitrogens with one attached hydrogen (secondary N) is 1. The lowest BCUT2D eigenvalue weighted by molar-refractivity contribution is -0.137. The minimum absolute atomic E-state index is 0.0986. The smallest absolute Gasteiger partial charge is 0.392 e. The average Bonchev–Trinajstić information content (AvgIpc) is 3.35. The number of rotatable bonds is 5. The summed E-state index contributed by atoms with van der Waals surface area (Å²) in [5.41, 5.74) is 1.15. The molecule has 0 radical (unpaired) electrons. The number of halogens is 6. The molecule has 0 bridgehead atoms. The number of anilines is 2. The van der Waals surface area contributed by atoms with Gasteiger partial charge in [0.15, 0.2) is 11.6 Å². The molecule has 3 heterocycles. The van der Waals surface area contributed by atoms with E-state index in [2.05, 4.69) is 15.0 Å². The van der Waals surface area contributed by atoms with Crippen LogP contribution in [0.2, 0.25) is 5.02 Å². The molecule has 0 spiro atoms. The predicted octanol–water partition coefficient (Wildman–Crippen LogP) is 6.30. The third kappa shape index (κ3) is 5.41. The zero-order valence-electron chi connectivity index (χ0n) is 20.6. The molecule has 12 heteroatoms. The van der Waals surface area contributed by atoms with Crippen molar-refractivity contribution >= 4 is 23.4 Å². The molecule has 1 saturated heterocycles. The lowest BCUT2D eigenvalue weighted by Crippen LogP contribution is -2.52. The van der Waals surface area contributed by atoms with Crippen LogP contribution in [0.15, 0.2) is 54.7 Å². The molecule has 2 aromatic carbocycles. The van der Waals surface area contributed by atoms with E-state index in [-0.39, 0.29) is 23.9 Å².